The van der Waals surface area contributed by atoms with E-state index >= 15 is 0 Å². The van der Waals surface area contributed by atoms with Crippen LogP contribution in [0.15, 0.2) is 60.7 Å². The average molecular weight is 279 g/mol. The van der Waals surface area contributed by atoms with Gasteiger partial charge in [-0.2, -0.15) is 0 Å². The number of hydrogen-bond donors (Lipinski definition) is 0. The molecule has 1 aliphatic rings. The van der Waals surface area contributed by atoms with Gasteiger partial charge in [0.1, 0.15) is 0 Å². The number of nitrogens with zero attached hydrogens (tertiary/aromatic N) is 1. The Morgan fingerprint density at radius 2 is 1.43 bits per heavy atom. The number of hydrogen-bond acceptors (Lipinski definition) is 2. The summed E-state index contributed by atoms with van der Waals surface area (Å²) in [6.07, 6.45) is 0. The van der Waals surface area contributed by atoms with Gasteiger partial charge in [0, 0.05) is 11.1 Å². The average Bonchev–Trinajstić information content (AvgIpc) is 3.24. The molecule has 3 unspecified atom stereocenters. The molecule has 2 aromatic carbocycles. The van der Waals surface area contributed by atoms with Crippen LogP contribution in [0.1, 0.15) is 42.7 Å². The van der Waals surface area contributed by atoms with E-state index in [4.69, 9.17) is 0 Å². The zero-order valence-corrected chi connectivity index (χ0v) is 12.8. The molecule has 0 bridgehead atoms. The predicted octanol–water partition coefficient (Wildman–Crippen LogP) is 4.09. The first-order valence-electron chi connectivity index (χ1n) is 7.43. The number of ketones is 1. The molecule has 0 aliphatic carbocycles. The minimum absolute atomic E-state index is 0.0182. The Hall–Kier alpha value is -1.93. The van der Waals surface area contributed by atoms with Crippen molar-refractivity contribution in [1.29, 1.82) is 0 Å². The Morgan fingerprint density at radius 1 is 0.905 bits per heavy atom. The third-order valence-corrected chi connectivity index (χ3v) is 4.05. The maximum atomic E-state index is 12.8. The van der Waals surface area contributed by atoms with E-state index in [1.807, 2.05) is 48.5 Å². The van der Waals surface area contributed by atoms with E-state index in [1.165, 1.54) is 5.56 Å². The highest BCUT2D eigenvalue weighted by Gasteiger charge is 2.57. The molecule has 0 amide bonds. The van der Waals surface area contributed by atoms with Crippen molar-refractivity contribution in [3.8, 4) is 0 Å². The molecule has 2 nitrogen and oxygen atoms in total. The Morgan fingerprint density at radius 3 is 1.95 bits per heavy atom. The molecule has 1 fully saturated rings. The topological polar surface area (TPSA) is 20.1 Å². The van der Waals surface area contributed by atoms with Gasteiger partial charge in [-0.25, -0.2) is 0 Å². The van der Waals surface area contributed by atoms with Crippen LogP contribution < -0.4 is 0 Å². The van der Waals surface area contributed by atoms with Crippen molar-refractivity contribution in [2.75, 3.05) is 0 Å². The van der Waals surface area contributed by atoms with Crippen molar-refractivity contribution in [1.82, 2.24) is 4.90 Å². The summed E-state index contributed by atoms with van der Waals surface area (Å²) in [6, 6.07) is 20.1. The molecule has 0 N–H and O–H groups in total. The summed E-state index contributed by atoms with van der Waals surface area (Å²) in [5.41, 5.74) is 2.01. The number of rotatable bonds is 3. The van der Waals surface area contributed by atoms with Crippen molar-refractivity contribution in [3.05, 3.63) is 71.8 Å². The van der Waals surface area contributed by atoms with Gasteiger partial charge in [0.15, 0.2) is 5.78 Å². The minimum atomic E-state index is -0.0465. The molecule has 2 aromatic rings. The highest BCUT2D eigenvalue weighted by molar-refractivity contribution is 6.02. The van der Waals surface area contributed by atoms with Crippen LogP contribution in [0.4, 0.5) is 0 Å². The molecule has 0 aromatic heterocycles. The van der Waals surface area contributed by atoms with E-state index in [0.717, 1.165) is 5.56 Å². The van der Waals surface area contributed by atoms with E-state index in [9.17, 15) is 4.79 Å². The lowest BCUT2D eigenvalue weighted by Crippen LogP contribution is -2.30. The fourth-order valence-electron chi connectivity index (χ4n) is 3.10. The molecular weight excluding hydrogens is 258 g/mol. The van der Waals surface area contributed by atoms with E-state index < -0.39 is 0 Å². The van der Waals surface area contributed by atoms with Gasteiger partial charge in [0.25, 0.3) is 0 Å². The zero-order valence-electron chi connectivity index (χ0n) is 12.8. The second-order valence-electron chi connectivity index (χ2n) is 6.61. The van der Waals surface area contributed by atoms with Crippen LogP contribution in [0.3, 0.4) is 0 Å². The van der Waals surface area contributed by atoms with Gasteiger partial charge >= 0.3 is 0 Å². The number of carbonyl (C=O) groups excluding carboxylic acids is 1. The normalized spacial score (nSPS) is 24.6. The summed E-state index contributed by atoms with van der Waals surface area (Å²) >= 11 is 0. The van der Waals surface area contributed by atoms with Gasteiger partial charge in [-0.05, 0) is 26.3 Å². The summed E-state index contributed by atoms with van der Waals surface area (Å²) in [6.45, 7) is 6.50. The van der Waals surface area contributed by atoms with Crippen molar-refractivity contribution >= 4 is 5.78 Å². The van der Waals surface area contributed by atoms with Gasteiger partial charge < -0.3 is 0 Å². The van der Waals surface area contributed by atoms with Crippen LogP contribution in [-0.2, 0) is 0 Å². The van der Waals surface area contributed by atoms with Gasteiger partial charge in [0.05, 0.1) is 12.1 Å². The first kappa shape index (κ1) is 14.0. The Kier molecular flexibility index (Phi) is 3.42. The molecule has 0 spiro atoms. The molecule has 21 heavy (non-hydrogen) atoms. The summed E-state index contributed by atoms with van der Waals surface area (Å²) < 4.78 is 0. The van der Waals surface area contributed by atoms with Gasteiger partial charge in [-0.15, -0.1) is 0 Å². The highest BCUT2D eigenvalue weighted by atomic mass is 16.1. The van der Waals surface area contributed by atoms with Gasteiger partial charge in [-0.1, -0.05) is 60.7 Å². The van der Waals surface area contributed by atoms with Gasteiger partial charge in [0.2, 0.25) is 0 Å². The van der Waals surface area contributed by atoms with Crippen LogP contribution in [0.2, 0.25) is 0 Å². The lowest BCUT2D eigenvalue weighted by Gasteiger charge is -2.22. The maximum Gasteiger partial charge on any atom is 0.181 e. The maximum absolute atomic E-state index is 12.8. The number of benzene rings is 2. The third kappa shape index (κ3) is 2.64. The zero-order chi connectivity index (χ0) is 15.0. The van der Waals surface area contributed by atoms with Crippen molar-refractivity contribution in [2.24, 2.45) is 0 Å². The molecule has 1 heterocycles. The SMILES string of the molecule is CC(C)(C)N1C(C(=O)c2ccccc2)C1c1ccccc1. The molecule has 2 heteroatoms. The van der Waals surface area contributed by atoms with Gasteiger partial charge in [-0.3, -0.25) is 9.69 Å². The standard InChI is InChI=1S/C19H21NO/c1-19(2,3)20-16(14-10-6-4-7-11-14)17(20)18(21)15-12-8-5-9-13-15/h4-13,16-17H,1-3H3. The molecule has 0 saturated carbocycles. The summed E-state index contributed by atoms with van der Waals surface area (Å²) in [7, 11) is 0. The van der Waals surface area contributed by atoms with E-state index in [2.05, 4.69) is 37.8 Å². The minimum Gasteiger partial charge on any atom is -0.292 e. The van der Waals surface area contributed by atoms with Crippen LogP contribution in [0.5, 0.6) is 0 Å². The van der Waals surface area contributed by atoms with E-state index in [1.54, 1.807) is 0 Å². The molecule has 1 aliphatic heterocycles. The molecule has 3 rings (SSSR count). The van der Waals surface area contributed by atoms with Crippen LogP contribution in [0, 0.1) is 0 Å². The summed E-state index contributed by atoms with van der Waals surface area (Å²) in [4.78, 5) is 15.1. The third-order valence-electron chi connectivity index (χ3n) is 4.05. The monoisotopic (exact) mass is 279 g/mol. The molecule has 1 saturated heterocycles. The second kappa shape index (κ2) is 5.12. The molecule has 108 valence electrons. The fraction of sp³-hybridized carbons (Fsp3) is 0.316. The van der Waals surface area contributed by atoms with E-state index in [-0.39, 0.29) is 23.4 Å². The summed E-state index contributed by atoms with van der Waals surface area (Å²) in [5, 5.41) is 0. The van der Waals surface area contributed by atoms with Crippen molar-refractivity contribution in [3.63, 3.8) is 0 Å². The molecular formula is C19H21NO. The van der Waals surface area contributed by atoms with E-state index in [0.29, 0.717) is 0 Å². The van der Waals surface area contributed by atoms with Crippen LogP contribution in [0.25, 0.3) is 0 Å². The van der Waals surface area contributed by atoms with Crippen molar-refractivity contribution in [2.45, 2.75) is 38.4 Å². The van der Waals surface area contributed by atoms with Crippen molar-refractivity contribution < 1.29 is 4.79 Å². The summed E-state index contributed by atoms with van der Waals surface area (Å²) in [5.74, 6) is 0.222. The molecule has 3 atom stereocenters. The number of carbonyl (C=O) groups is 1. The lowest BCUT2D eigenvalue weighted by molar-refractivity contribution is 0.0957. The lowest BCUT2D eigenvalue weighted by atomic mass is 10.0. The quantitative estimate of drug-likeness (QED) is 0.623. The smallest absolute Gasteiger partial charge is 0.181 e. The van der Waals surface area contributed by atoms with Crippen LogP contribution >= 0.6 is 0 Å². The first-order valence-corrected chi connectivity index (χ1v) is 7.43. The Bertz CT molecular complexity index is 628. The molecule has 0 radical (unpaired) electrons. The number of Topliss-reactive ketones (excluding diaryl/α,β-unsaturated/α-hetero) is 1. The Balaban J connectivity index is 1.92. The fourth-order valence-corrected chi connectivity index (χ4v) is 3.10. The van der Waals surface area contributed by atoms with Crippen LogP contribution in [-0.4, -0.2) is 22.3 Å². The predicted molar refractivity (Wildman–Crippen MR) is 85.3 cm³/mol. The highest BCUT2D eigenvalue weighted by Crippen LogP contribution is 2.49. The Labute approximate surface area is 126 Å². The first-order chi connectivity index (χ1) is 10.00. The largest absolute Gasteiger partial charge is 0.292 e. The second-order valence-corrected chi connectivity index (χ2v) is 6.61.